The van der Waals surface area contributed by atoms with Crippen LogP contribution in [0.3, 0.4) is 0 Å². The monoisotopic (exact) mass is 343 g/mol. The van der Waals surface area contributed by atoms with Gasteiger partial charge in [0.1, 0.15) is 0 Å². The molecular weight excluding hydrogens is 314 g/mol. The van der Waals surface area contributed by atoms with Gasteiger partial charge in [-0.25, -0.2) is 9.97 Å². The van der Waals surface area contributed by atoms with Crippen LogP contribution in [0.25, 0.3) is 0 Å². The first kappa shape index (κ1) is 16.8. The van der Waals surface area contributed by atoms with Crippen LogP contribution >= 0.6 is 0 Å². The zero-order valence-electron chi connectivity index (χ0n) is 15.0. The smallest absolute Gasteiger partial charge is 0.237 e. The highest BCUT2D eigenvalue weighted by molar-refractivity contribution is 5.78. The highest BCUT2D eigenvalue weighted by Crippen LogP contribution is 2.35. The topological polar surface area (TPSA) is 52.6 Å². The number of hydrogen-bond donors (Lipinski definition) is 0. The number of likely N-dealkylation sites (tertiary alicyclic amines) is 1. The molecule has 3 aliphatic rings. The predicted octanol–water partition coefficient (Wildman–Crippen LogP) is 1.78. The summed E-state index contributed by atoms with van der Waals surface area (Å²) in [7, 11) is 0. The lowest BCUT2D eigenvalue weighted by molar-refractivity contribution is -0.138. The second-order valence-corrected chi connectivity index (χ2v) is 7.65. The summed E-state index contributed by atoms with van der Waals surface area (Å²) in [6.45, 7) is 5.15. The molecule has 0 aromatic carbocycles. The molecule has 2 atom stereocenters. The summed E-state index contributed by atoms with van der Waals surface area (Å²) in [5, 5.41) is 0. The summed E-state index contributed by atoms with van der Waals surface area (Å²) in [6.07, 6.45) is 11.3. The molecule has 2 saturated heterocycles. The second-order valence-electron chi connectivity index (χ2n) is 7.65. The number of piperidine rings is 1. The first-order valence-electron chi connectivity index (χ1n) is 9.85. The highest BCUT2D eigenvalue weighted by atomic mass is 16.2. The van der Waals surface area contributed by atoms with Crippen LogP contribution in [0.2, 0.25) is 0 Å². The van der Waals surface area contributed by atoms with Gasteiger partial charge in [-0.05, 0) is 37.7 Å². The minimum absolute atomic E-state index is 0.348. The zero-order chi connectivity index (χ0) is 17.1. The molecule has 6 nitrogen and oxygen atoms in total. The normalized spacial score (nSPS) is 27.8. The Hall–Kier alpha value is -1.69. The van der Waals surface area contributed by atoms with Crippen LogP contribution in [0, 0.1) is 5.92 Å². The van der Waals surface area contributed by atoms with Gasteiger partial charge in [-0.1, -0.05) is 12.8 Å². The molecule has 1 amide bonds. The molecule has 136 valence electrons. The number of carbonyl (C=O) groups is 1. The number of fused-ring (bicyclic) bond motifs is 1. The van der Waals surface area contributed by atoms with E-state index in [-0.39, 0.29) is 0 Å². The first-order valence-corrected chi connectivity index (χ1v) is 9.85. The van der Waals surface area contributed by atoms with Crippen molar-refractivity contribution in [1.29, 1.82) is 0 Å². The minimum atomic E-state index is 0.348. The standard InChI is InChI=1S/C19H29N5O/c25-18(24-10-3-6-16-5-1-2-7-17(16)24)15-22-11-13-23(14-12-22)19-20-8-4-9-21-19/h4,8-9,16-17H,1-3,5-7,10-15H2/t16-,17-/m1/s1. The summed E-state index contributed by atoms with van der Waals surface area (Å²) < 4.78 is 0. The largest absolute Gasteiger partial charge is 0.338 e. The van der Waals surface area contributed by atoms with E-state index in [1.54, 1.807) is 12.4 Å². The Morgan fingerprint density at radius 1 is 0.960 bits per heavy atom. The van der Waals surface area contributed by atoms with Gasteiger partial charge < -0.3 is 9.80 Å². The molecule has 2 aliphatic heterocycles. The Kier molecular flexibility index (Phi) is 5.15. The van der Waals surface area contributed by atoms with Gasteiger partial charge in [-0.2, -0.15) is 0 Å². The molecular formula is C19H29N5O. The van der Waals surface area contributed by atoms with Gasteiger partial charge in [-0.15, -0.1) is 0 Å². The Morgan fingerprint density at radius 2 is 1.68 bits per heavy atom. The number of amides is 1. The van der Waals surface area contributed by atoms with Gasteiger partial charge in [0.2, 0.25) is 11.9 Å². The quantitative estimate of drug-likeness (QED) is 0.837. The van der Waals surface area contributed by atoms with Gasteiger partial charge in [-0.3, -0.25) is 9.69 Å². The first-order chi connectivity index (χ1) is 12.3. The van der Waals surface area contributed by atoms with E-state index in [4.69, 9.17) is 0 Å². The number of piperazine rings is 1. The molecule has 4 rings (SSSR count). The SMILES string of the molecule is O=C(CN1CCN(c2ncccn2)CC1)N1CCC[C@H]2CCCC[C@H]21. The molecule has 1 aliphatic carbocycles. The van der Waals surface area contributed by atoms with E-state index in [1.165, 1.54) is 38.5 Å². The molecule has 0 unspecified atom stereocenters. The van der Waals surface area contributed by atoms with Gasteiger partial charge in [0.05, 0.1) is 6.54 Å². The summed E-state index contributed by atoms with van der Waals surface area (Å²) in [5.41, 5.74) is 0. The molecule has 0 N–H and O–H groups in total. The summed E-state index contributed by atoms with van der Waals surface area (Å²) >= 11 is 0. The fourth-order valence-electron chi connectivity index (χ4n) is 4.78. The van der Waals surface area contributed by atoms with Crippen LogP contribution in [-0.4, -0.2) is 71.0 Å². The van der Waals surface area contributed by atoms with Gasteiger partial charge in [0.15, 0.2) is 0 Å². The van der Waals surface area contributed by atoms with E-state index in [9.17, 15) is 4.79 Å². The van der Waals surface area contributed by atoms with Crippen molar-refractivity contribution < 1.29 is 4.79 Å². The lowest BCUT2D eigenvalue weighted by atomic mass is 9.78. The van der Waals surface area contributed by atoms with Crippen LogP contribution in [0.15, 0.2) is 18.5 Å². The average Bonchev–Trinajstić information content (AvgIpc) is 2.69. The van der Waals surface area contributed by atoms with Crippen LogP contribution in [0.4, 0.5) is 5.95 Å². The summed E-state index contributed by atoms with van der Waals surface area (Å²) in [4.78, 5) is 28.3. The van der Waals surface area contributed by atoms with Crippen LogP contribution in [-0.2, 0) is 4.79 Å². The Bertz CT molecular complexity index is 570. The molecule has 3 fully saturated rings. The van der Waals surface area contributed by atoms with Crippen LogP contribution in [0.1, 0.15) is 38.5 Å². The maximum Gasteiger partial charge on any atom is 0.237 e. The predicted molar refractivity (Wildman–Crippen MR) is 97.4 cm³/mol. The third kappa shape index (κ3) is 3.78. The highest BCUT2D eigenvalue weighted by Gasteiger charge is 2.36. The van der Waals surface area contributed by atoms with Crippen molar-refractivity contribution in [3.8, 4) is 0 Å². The number of aromatic nitrogens is 2. The molecule has 1 saturated carbocycles. The van der Waals surface area contributed by atoms with Crippen molar-refractivity contribution in [2.24, 2.45) is 5.92 Å². The fourth-order valence-corrected chi connectivity index (χ4v) is 4.78. The minimum Gasteiger partial charge on any atom is -0.338 e. The van der Waals surface area contributed by atoms with Crippen molar-refractivity contribution in [2.45, 2.75) is 44.6 Å². The molecule has 1 aromatic rings. The van der Waals surface area contributed by atoms with E-state index < -0.39 is 0 Å². The Morgan fingerprint density at radius 3 is 2.48 bits per heavy atom. The van der Waals surface area contributed by atoms with Gasteiger partial charge >= 0.3 is 0 Å². The molecule has 25 heavy (non-hydrogen) atoms. The van der Waals surface area contributed by atoms with E-state index >= 15 is 0 Å². The molecule has 6 heteroatoms. The van der Waals surface area contributed by atoms with Crippen molar-refractivity contribution in [3.05, 3.63) is 18.5 Å². The molecule has 0 bridgehead atoms. The Balaban J connectivity index is 1.30. The molecule has 0 radical (unpaired) electrons. The van der Waals surface area contributed by atoms with Crippen LogP contribution in [0.5, 0.6) is 0 Å². The van der Waals surface area contributed by atoms with Gasteiger partial charge in [0, 0.05) is 51.2 Å². The maximum absolute atomic E-state index is 12.9. The molecule has 3 heterocycles. The van der Waals surface area contributed by atoms with Crippen molar-refractivity contribution >= 4 is 11.9 Å². The second kappa shape index (κ2) is 7.68. The molecule has 0 spiro atoms. The molecule has 1 aromatic heterocycles. The average molecular weight is 343 g/mol. The lowest BCUT2D eigenvalue weighted by Crippen LogP contribution is -2.55. The Labute approximate surface area is 150 Å². The lowest BCUT2D eigenvalue weighted by Gasteiger charge is -2.45. The maximum atomic E-state index is 12.9. The number of carbonyl (C=O) groups excluding carboxylic acids is 1. The van der Waals surface area contributed by atoms with E-state index in [2.05, 4.69) is 24.7 Å². The van der Waals surface area contributed by atoms with Crippen molar-refractivity contribution in [1.82, 2.24) is 19.8 Å². The number of nitrogens with zero attached hydrogens (tertiary/aromatic N) is 5. The number of hydrogen-bond acceptors (Lipinski definition) is 5. The summed E-state index contributed by atoms with van der Waals surface area (Å²) in [6, 6.07) is 2.37. The zero-order valence-corrected chi connectivity index (χ0v) is 15.0. The van der Waals surface area contributed by atoms with Crippen LogP contribution < -0.4 is 4.90 Å². The van der Waals surface area contributed by atoms with E-state index in [1.807, 2.05) is 6.07 Å². The summed E-state index contributed by atoms with van der Waals surface area (Å²) in [5.74, 6) is 1.91. The number of anilines is 1. The third-order valence-corrected chi connectivity index (χ3v) is 6.13. The third-order valence-electron chi connectivity index (χ3n) is 6.13. The number of rotatable bonds is 3. The van der Waals surface area contributed by atoms with E-state index in [0.29, 0.717) is 18.5 Å². The van der Waals surface area contributed by atoms with E-state index in [0.717, 1.165) is 44.6 Å². The van der Waals surface area contributed by atoms with Gasteiger partial charge in [0.25, 0.3) is 0 Å². The van der Waals surface area contributed by atoms with Crippen molar-refractivity contribution in [3.63, 3.8) is 0 Å². The fraction of sp³-hybridized carbons (Fsp3) is 0.737. The van der Waals surface area contributed by atoms with Crippen molar-refractivity contribution in [2.75, 3.05) is 44.2 Å².